The van der Waals surface area contributed by atoms with Crippen LogP contribution in [0.3, 0.4) is 0 Å². The Morgan fingerprint density at radius 3 is 2.50 bits per heavy atom. The molecular weight excluding hydrogens is 312 g/mol. The van der Waals surface area contributed by atoms with Gasteiger partial charge in [0.05, 0.1) is 0 Å². The van der Waals surface area contributed by atoms with Crippen molar-refractivity contribution in [1.29, 1.82) is 0 Å². The number of thioether (sulfide) groups is 1. The van der Waals surface area contributed by atoms with Crippen molar-refractivity contribution in [2.24, 2.45) is 0 Å². The summed E-state index contributed by atoms with van der Waals surface area (Å²) >= 11 is 1.95. The fourth-order valence-corrected chi connectivity index (χ4v) is 4.84. The normalized spacial score (nSPS) is 15.5. The third-order valence-corrected chi connectivity index (χ3v) is 6.26. The second-order valence-electron chi connectivity index (χ2n) is 7.26. The van der Waals surface area contributed by atoms with Gasteiger partial charge in [-0.25, -0.2) is 4.57 Å². The molecule has 2 heterocycles. The summed E-state index contributed by atoms with van der Waals surface area (Å²) in [4.78, 5) is 0. The minimum atomic E-state index is 0.146. The molecule has 24 heavy (non-hydrogen) atoms. The molecule has 1 aliphatic heterocycles. The molecular formula is C21H23N2S+. The van der Waals surface area contributed by atoms with Gasteiger partial charge in [0.1, 0.15) is 17.4 Å². The molecule has 0 aliphatic carbocycles. The van der Waals surface area contributed by atoms with Gasteiger partial charge in [-0.1, -0.05) is 42.0 Å². The summed E-state index contributed by atoms with van der Waals surface area (Å²) in [5, 5.41) is 1.32. The molecule has 1 aliphatic rings. The lowest BCUT2D eigenvalue weighted by Gasteiger charge is -2.12. The number of fused-ring (bicyclic) bond motifs is 1. The Hall–Kier alpha value is -2.00. The lowest BCUT2D eigenvalue weighted by molar-refractivity contribution is -0.779. The SMILES string of the molecule is Cc1ccc(-c2c[n+]3c(n2-c2ccccc2)SCC3(C)C)c(C)c1. The van der Waals surface area contributed by atoms with E-state index in [0.29, 0.717) is 0 Å². The van der Waals surface area contributed by atoms with Crippen molar-refractivity contribution < 1.29 is 4.57 Å². The first-order chi connectivity index (χ1) is 11.5. The molecule has 2 nitrogen and oxygen atoms in total. The minimum absolute atomic E-state index is 0.146. The monoisotopic (exact) mass is 335 g/mol. The Morgan fingerprint density at radius 2 is 1.79 bits per heavy atom. The molecule has 2 aromatic carbocycles. The van der Waals surface area contributed by atoms with E-state index in [1.165, 1.54) is 33.2 Å². The van der Waals surface area contributed by atoms with E-state index in [9.17, 15) is 0 Å². The molecule has 1 aromatic heterocycles. The van der Waals surface area contributed by atoms with Gasteiger partial charge in [-0.15, -0.1) is 0 Å². The van der Waals surface area contributed by atoms with Crippen LogP contribution in [0.5, 0.6) is 0 Å². The summed E-state index contributed by atoms with van der Waals surface area (Å²) in [6.45, 7) is 8.99. The molecule has 0 unspecified atom stereocenters. The summed E-state index contributed by atoms with van der Waals surface area (Å²) in [5.41, 5.74) is 6.59. The smallest absolute Gasteiger partial charge is 0.218 e. The van der Waals surface area contributed by atoms with E-state index in [0.717, 1.165) is 5.75 Å². The Labute approximate surface area is 148 Å². The van der Waals surface area contributed by atoms with E-state index >= 15 is 0 Å². The molecule has 0 fully saturated rings. The van der Waals surface area contributed by atoms with E-state index in [-0.39, 0.29) is 5.54 Å². The number of benzene rings is 2. The number of hydrogen-bond donors (Lipinski definition) is 0. The van der Waals surface area contributed by atoms with E-state index < -0.39 is 0 Å². The van der Waals surface area contributed by atoms with Crippen molar-refractivity contribution in [2.45, 2.75) is 38.4 Å². The molecule has 122 valence electrons. The van der Waals surface area contributed by atoms with Crippen LogP contribution in [0, 0.1) is 13.8 Å². The highest BCUT2D eigenvalue weighted by atomic mass is 32.2. The average molecular weight is 335 g/mol. The van der Waals surface area contributed by atoms with Gasteiger partial charge in [0, 0.05) is 11.3 Å². The third-order valence-electron chi connectivity index (χ3n) is 4.77. The number of aromatic nitrogens is 2. The Kier molecular flexibility index (Phi) is 3.57. The van der Waals surface area contributed by atoms with Crippen molar-refractivity contribution in [3.8, 4) is 16.9 Å². The molecule has 4 rings (SSSR count). The standard InChI is InChI=1S/C21H23N2S/c1-15-10-11-18(16(2)12-15)19-13-22-20(24-14-21(22,3)4)23(19)17-8-6-5-7-9-17/h5-13H,14H2,1-4H3/q+1. The van der Waals surface area contributed by atoms with Crippen LogP contribution in [-0.2, 0) is 5.54 Å². The highest BCUT2D eigenvalue weighted by Gasteiger charge is 2.42. The Bertz CT molecular complexity index is 907. The Morgan fingerprint density at radius 1 is 1.04 bits per heavy atom. The maximum absolute atomic E-state index is 2.44. The molecule has 0 saturated carbocycles. The van der Waals surface area contributed by atoms with E-state index in [1.54, 1.807) is 0 Å². The van der Waals surface area contributed by atoms with E-state index in [1.807, 2.05) is 11.8 Å². The van der Waals surface area contributed by atoms with Crippen LogP contribution in [0.1, 0.15) is 25.0 Å². The van der Waals surface area contributed by atoms with E-state index in [2.05, 4.69) is 91.6 Å². The molecule has 0 radical (unpaired) electrons. The van der Waals surface area contributed by atoms with Gasteiger partial charge in [-0.3, -0.25) is 0 Å². The molecule has 0 N–H and O–H groups in total. The largest absolute Gasteiger partial charge is 0.324 e. The quantitative estimate of drug-likeness (QED) is 0.606. The number of hydrogen-bond acceptors (Lipinski definition) is 1. The van der Waals surface area contributed by atoms with Crippen LogP contribution < -0.4 is 4.57 Å². The first kappa shape index (κ1) is 15.5. The third kappa shape index (κ3) is 2.39. The highest BCUT2D eigenvalue weighted by molar-refractivity contribution is 7.99. The van der Waals surface area contributed by atoms with Crippen LogP contribution in [-0.4, -0.2) is 10.3 Å². The van der Waals surface area contributed by atoms with Crippen molar-refractivity contribution in [3.05, 3.63) is 65.9 Å². The van der Waals surface area contributed by atoms with Gasteiger partial charge in [-0.05, 0) is 57.2 Å². The van der Waals surface area contributed by atoms with E-state index in [4.69, 9.17) is 0 Å². The van der Waals surface area contributed by atoms with Gasteiger partial charge in [0.15, 0.2) is 5.69 Å². The van der Waals surface area contributed by atoms with Crippen LogP contribution in [0.2, 0.25) is 0 Å². The number of aryl methyl sites for hydroxylation is 2. The summed E-state index contributed by atoms with van der Waals surface area (Å²) < 4.78 is 4.86. The van der Waals surface area contributed by atoms with Gasteiger partial charge in [0.2, 0.25) is 0 Å². The second kappa shape index (κ2) is 5.52. The molecule has 3 heteroatoms. The predicted octanol–water partition coefficient (Wildman–Crippen LogP) is 4.89. The molecule has 0 saturated heterocycles. The first-order valence-corrected chi connectivity index (χ1v) is 9.40. The van der Waals surface area contributed by atoms with Gasteiger partial charge < -0.3 is 0 Å². The zero-order valence-corrected chi connectivity index (χ0v) is 15.5. The first-order valence-electron chi connectivity index (χ1n) is 8.41. The molecule has 0 bridgehead atoms. The van der Waals surface area contributed by atoms with Gasteiger partial charge >= 0.3 is 5.16 Å². The van der Waals surface area contributed by atoms with Gasteiger partial charge in [-0.2, -0.15) is 4.57 Å². The van der Waals surface area contributed by atoms with Crippen LogP contribution in [0.15, 0.2) is 59.9 Å². The number of nitrogens with zero attached hydrogens (tertiary/aromatic N) is 2. The van der Waals surface area contributed by atoms with Crippen molar-refractivity contribution in [3.63, 3.8) is 0 Å². The Balaban J connectivity index is 2.01. The fraction of sp³-hybridized carbons (Fsp3) is 0.286. The summed E-state index contributed by atoms with van der Waals surface area (Å²) in [6, 6.07) is 17.4. The maximum atomic E-state index is 2.44. The highest BCUT2D eigenvalue weighted by Crippen LogP contribution is 2.37. The van der Waals surface area contributed by atoms with Crippen LogP contribution >= 0.6 is 11.8 Å². The summed E-state index contributed by atoms with van der Waals surface area (Å²) in [5.74, 6) is 1.11. The zero-order valence-electron chi connectivity index (χ0n) is 14.7. The molecule has 3 aromatic rings. The predicted molar refractivity (Wildman–Crippen MR) is 101 cm³/mol. The lowest BCUT2D eigenvalue weighted by atomic mass is 10.0. The van der Waals surface area contributed by atoms with Crippen molar-refractivity contribution in [2.75, 3.05) is 5.75 Å². The van der Waals surface area contributed by atoms with Crippen molar-refractivity contribution in [1.82, 2.24) is 4.57 Å². The minimum Gasteiger partial charge on any atom is -0.218 e. The fourth-order valence-electron chi connectivity index (χ4n) is 3.44. The number of para-hydroxylation sites is 1. The summed E-state index contributed by atoms with van der Waals surface area (Å²) in [7, 11) is 0. The number of imidazole rings is 1. The average Bonchev–Trinajstić information content (AvgIpc) is 3.06. The maximum Gasteiger partial charge on any atom is 0.324 e. The van der Waals surface area contributed by atoms with Crippen molar-refractivity contribution >= 4 is 11.8 Å². The second-order valence-corrected chi connectivity index (χ2v) is 8.20. The number of rotatable bonds is 2. The van der Waals surface area contributed by atoms with Crippen LogP contribution in [0.4, 0.5) is 0 Å². The van der Waals surface area contributed by atoms with Crippen LogP contribution in [0.25, 0.3) is 16.9 Å². The van der Waals surface area contributed by atoms with Gasteiger partial charge in [0.25, 0.3) is 0 Å². The summed E-state index contributed by atoms with van der Waals surface area (Å²) in [6.07, 6.45) is 2.33. The topological polar surface area (TPSA) is 8.81 Å². The molecule has 0 atom stereocenters. The molecule has 0 spiro atoms. The zero-order chi connectivity index (χ0) is 16.9. The lowest BCUT2D eigenvalue weighted by Crippen LogP contribution is -2.50. The molecule has 0 amide bonds.